The molecule has 0 spiro atoms. The van der Waals surface area contributed by atoms with Gasteiger partial charge < -0.3 is 24.6 Å². The fourth-order valence-electron chi connectivity index (χ4n) is 3.23. The van der Waals surface area contributed by atoms with Crippen LogP contribution in [0.2, 0.25) is 0 Å². The molecule has 0 aromatic heterocycles. The van der Waals surface area contributed by atoms with Crippen LogP contribution in [0.25, 0.3) is 0 Å². The maximum atomic E-state index is 12.4. The van der Waals surface area contributed by atoms with Crippen LogP contribution in [0.4, 0.5) is 10.5 Å². The molecule has 1 aliphatic heterocycles. The van der Waals surface area contributed by atoms with E-state index >= 15 is 0 Å². The first kappa shape index (κ1) is 18.9. The summed E-state index contributed by atoms with van der Waals surface area (Å²) in [4.78, 5) is 16.6. The van der Waals surface area contributed by atoms with Gasteiger partial charge in [-0.2, -0.15) is 0 Å². The number of amides is 2. The van der Waals surface area contributed by atoms with Crippen LogP contribution < -0.4 is 19.7 Å². The van der Waals surface area contributed by atoms with Gasteiger partial charge in [-0.1, -0.05) is 18.2 Å². The number of carbonyl (C=O) groups excluding carboxylic acids is 1. The van der Waals surface area contributed by atoms with Crippen molar-refractivity contribution in [1.29, 1.82) is 0 Å². The van der Waals surface area contributed by atoms with Crippen LogP contribution in [0.15, 0.2) is 48.5 Å². The number of methoxy groups -OCH3 is 2. The molecule has 3 rings (SSSR count). The molecule has 1 N–H and O–H groups in total. The highest BCUT2D eigenvalue weighted by Crippen LogP contribution is 2.22. The molecule has 0 radical (unpaired) electrons. The van der Waals surface area contributed by atoms with E-state index in [9.17, 15) is 4.79 Å². The van der Waals surface area contributed by atoms with Crippen molar-refractivity contribution in [3.05, 3.63) is 54.1 Å². The molecular formula is C21H27N3O3. The summed E-state index contributed by atoms with van der Waals surface area (Å²) in [6, 6.07) is 16.0. The summed E-state index contributed by atoms with van der Waals surface area (Å²) in [6.45, 7) is 3.67. The number of benzene rings is 2. The molecule has 27 heavy (non-hydrogen) atoms. The van der Waals surface area contributed by atoms with Gasteiger partial charge in [0.05, 0.1) is 14.2 Å². The Morgan fingerprint density at radius 1 is 0.963 bits per heavy atom. The first-order valence-electron chi connectivity index (χ1n) is 9.24. The third-order valence-electron chi connectivity index (χ3n) is 4.81. The highest BCUT2D eigenvalue weighted by molar-refractivity contribution is 5.74. The van der Waals surface area contributed by atoms with Crippen LogP contribution in [0, 0.1) is 0 Å². The molecular weight excluding hydrogens is 342 g/mol. The number of rotatable bonds is 6. The number of urea groups is 1. The minimum absolute atomic E-state index is 0.00295. The van der Waals surface area contributed by atoms with Crippen molar-refractivity contribution in [2.24, 2.45) is 0 Å². The fraction of sp³-hybridized carbons (Fsp3) is 0.381. The van der Waals surface area contributed by atoms with Gasteiger partial charge in [-0.3, -0.25) is 0 Å². The van der Waals surface area contributed by atoms with E-state index < -0.39 is 0 Å². The lowest BCUT2D eigenvalue weighted by molar-refractivity contribution is 0.194. The number of ether oxygens (including phenoxy) is 2. The summed E-state index contributed by atoms with van der Waals surface area (Å²) < 4.78 is 10.5. The van der Waals surface area contributed by atoms with Crippen molar-refractivity contribution in [2.45, 2.75) is 6.42 Å². The summed E-state index contributed by atoms with van der Waals surface area (Å²) in [5.41, 5.74) is 2.28. The molecule has 1 aliphatic rings. The molecule has 144 valence electrons. The Bertz CT molecular complexity index is 758. The van der Waals surface area contributed by atoms with E-state index in [4.69, 9.17) is 9.47 Å². The second-order valence-electron chi connectivity index (χ2n) is 6.51. The standard InChI is InChI=1S/C21H27N3O3/c1-26-19-7-3-5-17(15-19)9-10-22-21(25)24-13-11-23(12-14-24)18-6-4-8-20(16-18)27-2/h3-8,15-16H,9-14H2,1-2H3,(H,22,25). The minimum atomic E-state index is 0.00295. The number of hydrogen-bond acceptors (Lipinski definition) is 4. The number of piperazine rings is 1. The lowest BCUT2D eigenvalue weighted by atomic mass is 10.1. The van der Waals surface area contributed by atoms with Crippen molar-refractivity contribution in [3.8, 4) is 11.5 Å². The Kier molecular flexibility index (Phi) is 6.41. The number of hydrogen-bond donors (Lipinski definition) is 1. The monoisotopic (exact) mass is 369 g/mol. The van der Waals surface area contributed by atoms with Crippen LogP contribution in [0.1, 0.15) is 5.56 Å². The van der Waals surface area contributed by atoms with Gasteiger partial charge in [0.25, 0.3) is 0 Å². The summed E-state index contributed by atoms with van der Waals surface area (Å²) in [5, 5.41) is 3.02. The van der Waals surface area contributed by atoms with Crippen LogP contribution in [-0.4, -0.2) is 57.9 Å². The lowest BCUT2D eigenvalue weighted by Crippen LogP contribution is -2.52. The molecule has 0 bridgehead atoms. The molecule has 2 amide bonds. The first-order chi connectivity index (χ1) is 13.2. The molecule has 2 aromatic carbocycles. The van der Waals surface area contributed by atoms with Gasteiger partial charge in [-0.05, 0) is 36.2 Å². The molecule has 1 saturated heterocycles. The van der Waals surface area contributed by atoms with E-state index in [0.29, 0.717) is 19.6 Å². The van der Waals surface area contributed by atoms with Crippen molar-refractivity contribution in [3.63, 3.8) is 0 Å². The van der Waals surface area contributed by atoms with E-state index in [1.807, 2.05) is 47.4 Å². The van der Waals surface area contributed by atoms with Gasteiger partial charge in [-0.25, -0.2) is 4.79 Å². The van der Waals surface area contributed by atoms with Crippen molar-refractivity contribution in [1.82, 2.24) is 10.2 Å². The van der Waals surface area contributed by atoms with Crippen LogP contribution in [0.5, 0.6) is 11.5 Å². The quantitative estimate of drug-likeness (QED) is 0.851. The predicted molar refractivity (Wildman–Crippen MR) is 107 cm³/mol. The van der Waals surface area contributed by atoms with Gasteiger partial charge in [0, 0.05) is 44.5 Å². The molecule has 0 unspecified atom stereocenters. The summed E-state index contributed by atoms with van der Waals surface area (Å²) >= 11 is 0. The third-order valence-corrected chi connectivity index (χ3v) is 4.81. The summed E-state index contributed by atoms with van der Waals surface area (Å²) in [7, 11) is 3.33. The maximum Gasteiger partial charge on any atom is 0.317 e. The van der Waals surface area contributed by atoms with Crippen LogP contribution in [-0.2, 0) is 6.42 Å². The second kappa shape index (κ2) is 9.16. The summed E-state index contributed by atoms with van der Waals surface area (Å²) in [6.07, 6.45) is 0.784. The Balaban J connectivity index is 1.44. The zero-order valence-corrected chi connectivity index (χ0v) is 16.0. The smallest absolute Gasteiger partial charge is 0.317 e. The Hall–Kier alpha value is -2.89. The van der Waals surface area contributed by atoms with Crippen LogP contribution >= 0.6 is 0 Å². The Morgan fingerprint density at radius 2 is 1.63 bits per heavy atom. The van der Waals surface area contributed by atoms with Gasteiger partial charge >= 0.3 is 6.03 Å². The van der Waals surface area contributed by atoms with Gasteiger partial charge in [0.1, 0.15) is 11.5 Å². The normalized spacial score (nSPS) is 14.0. The second-order valence-corrected chi connectivity index (χ2v) is 6.51. The number of carbonyl (C=O) groups is 1. The number of anilines is 1. The zero-order valence-electron chi connectivity index (χ0n) is 16.0. The molecule has 0 atom stereocenters. The van der Waals surface area contributed by atoms with E-state index in [2.05, 4.69) is 16.3 Å². The van der Waals surface area contributed by atoms with Crippen molar-refractivity contribution in [2.75, 3.05) is 51.8 Å². The Labute approximate surface area is 160 Å². The molecule has 1 fully saturated rings. The highest BCUT2D eigenvalue weighted by atomic mass is 16.5. The highest BCUT2D eigenvalue weighted by Gasteiger charge is 2.21. The first-order valence-corrected chi connectivity index (χ1v) is 9.24. The zero-order chi connectivity index (χ0) is 19.1. The Morgan fingerprint density at radius 3 is 2.33 bits per heavy atom. The minimum Gasteiger partial charge on any atom is -0.497 e. The molecule has 6 nitrogen and oxygen atoms in total. The lowest BCUT2D eigenvalue weighted by Gasteiger charge is -2.36. The van der Waals surface area contributed by atoms with E-state index in [1.165, 1.54) is 0 Å². The third kappa shape index (κ3) is 5.06. The molecule has 2 aromatic rings. The average Bonchev–Trinajstić information content (AvgIpc) is 2.74. The van der Waals surface area contributed by atoms with E-state index in [-0.39, 0.29) is 6.03 Å². The average molecular weight is 369 g/mol. The van der Waals surface area contributed by atoms with Crippen molar-refractivity contribution < 1.29 is 14.3 Å². The van der Waals surface area contributed by atoms with Gasteiger partial charge in [-0.15, -0.1) is 0 Å². The predicted octanol–water partition coefficient (Wildman–Crippen LogP) is 2.78. The van der Waals surface area contributed by atoms with E-state index in [0.717, 1.165) is 42.3 Å². The molecule has 6 heteroatoms. The topological polar surface area (TPSA) is 54.0 Å². The number of nitrogens with zero attached hydrogens (tertiary/aromatic N) is 2. The summed E-state index contributed by atoms with van der Waals surface area (Å²) in [5.74, 6) is 1.69. The largest absolute Gasteiger partial charge is 0.497 e. The molecule has 0 aliphatic carbocycles. The van der Waals surface area contributed by atoms with E-state index in [1.54, 1.807) is 14.2 Å². The maximum absolute atomic E-state index is 12.4. The molecule has 0 saturated carbocycles. The number of nitrogens with one attached hydrogen (secondary N) is 1. The fourth-order valence-corrected chi connectivity index (χ4v) is 3.23. The van der Waals surface area contributed by atoms with Gasteiger partial charge in [0.2, 0.25) is 0 Å². The van der Waals surface area contributed by atoms with Gasteiger partial charge in [0.15, 0.2) is 0 Å². The van der Waals surface area contributed by atoms with Crippen LogP contribution in [0.3, 0.4) is 0 Å². The van der Waals surface area contributed by atoms with Crippen molar-refractivity contribution >= 4 is 11.7 Å². The SMILES string of the molecule is COc1cccc(CCNC(=O)N2CCN(c3cccc(OC)c3)CC2)c1. The molecule has 1 heterocycles.